The number of amides is 1. The minimum atomic E-state index is -0.104. The first-order valence-corrected chi connectivity index (χ1v) is 7.96. The predicted octanol–water partition coefficient (Wildman–Crippen LogP) is 3.15. The van der Waals surface area contributed by atoms with E-state index < -0.39 is 0 Å². The summed E-state index contributed by atoms with van der Waals surface area (Å²) in [6.07, 6.45) is 3.58. The van der Waals surface area contributed by atoms with Crippen LogP contribution in [0, 0.1) is 0 Å². The average molecular weight is 318 g/mol. The Hall–Kier alpha value is -1.95. The van der Waals surface area contributed by atoms with Gasteiger partial charge in [0.05, 0.1) is 6.54 Å². The van der Waals surface area contributed by atoms with Crippen LogP contribution < -0.4 is 5.32 Å². The zero-order valence-electron chi connectivity index (χ0n) is 13.7. The van der Waals surface area contributed by atoms with Gasteiger partial charge in [-0.2, -0.15) is 0 Å². The molecule has 1 N–H and O–H groups in total. The maximum Gasteiger partial charge on any atom is 0.272 e. The van der Waals surface area contributed by atoms with Gasteiger partial charge < -0.3 is 10.2 Å². The molecule has 2 rings (SSSR count). The van der Waals surface area contributed by atoms with Crippen LogP contribution >= 0.6 is 11.3 Å². The molecule has 2 aromatic rings. The summed E-state index contributed by atoms with van der Waals surface area (Å²) in [6.45, 7) is 7.18. The Labute approximate surface area is 135 Å². The molecule has 0 aromatic carbocycles. The van der Waals surface area contributed by atoms with Crippen LogP contribution in [0.15, 0.2) is 24.5 Å². The SMILES string of the molecule is CN(C)C(=O)c1cc(NCc2ncc(C(C)(C)C)s2)ccn1. The molecule has 0 bridgehead atoms. The van der Waals surface area contributed by atoms with E-state index in [-0.39, 0.29) is 11.3 Å². The second-order valence-electron chi connectivity index (χ2n) is 6.35. The standard InChI is InChI=1S/C16H22N4OS/c1-16(2,3)13-9-19-14(22-13)10-18-11-6-7-17-12(8-11)15(21)20(4)5/h6-9H,10H2,1-5H3,(H,17,18). The van der Waals surface area contributed by atoms with Crippen LogP contribution in [-0.2, 0) is 12.0 Å². The maximum absolute atomic E-state index is 11.9. The third-order valence-corrected chi connectivity index (χ3v) is 4.54. The van der Waals surface area contributed by atoms with E-state index in [4.69, 9.17) is 0 Å². The van der Waals surface area contributed by atoms with Crippen molar-refractivity contribution in [2.45, 2.75) is 32.7 Å². The molecule has 5 nitrogen and oxygen atoms in total. The van der Waals surface area contributed by atoms with Crippen molar-refractivity contribution in [2.75, 3.05) is 19.4 Å². The number of nitrogens with zero attached hydrogens (tertiary/aromatic N) is 3. The maximum atomic E-state index is 11.9. The van der Waals surface area contributed by atoms with Crippen LogP contribution in [-0.4, -0.2) is 34.9 Å². The summed E-state index contributed by atoms with van der Waals surface area (Å²) in [5.41, 5.74) is 1.43. The Morgan fingerprint density at radius 2 is 2.05 bits per heavy atom. The van der Waals surface area contributed by atoms with E-state index >= 15 is 0 Å². The quantitative estimate of drug-likeness (QED) is 0.941. The van der Waals surface area contributed by atoms with Crippen molar-refractivity contribution >= 4 is 22.9 Å². The molecule has 0 atom stereocenters. The number of thiazole rings is 1. The number of hydrogen-bond donors (Lipinski definition) is 1. The molecule has 0 saturated carbocycles. The van der Waals surface area contributed by atoms with Gasteiger partial charge in [-0.3, -0.25) is 9.78 Å². The van der Waals surface area contributed by atoms with Crippen molar-refractivity contribution in [3.8, 4) is 0 Å². The largest absolute Gasteiger partial charge is 0.378 e. The smallest absolute Gasteiger partial charge is 0.272 e. The minimum Gasteiger partial charge on any atom is -0.378 e. The molecular formula is C16H22N4OS. The van der Waals surface area contributed by atoms with Gasteiger partial charge in [0.25, 0.3) is 5.91 Å². The lowest BCUT2D eigenvalue weighted by Gasteiger charge is -2.14. The molecule has 0 radical (unpaired) electrons. The topological polar surface area (TPSA) is 58.1 Å². The van der Waals surface area contributed by atoms with Gasteiger partial charge in [0.1, 0.15) is 10.7 Å². The highest BCUT2D eigenvalue weighted by molar-refractivity contribution is 7.11. The molecule has 0 spiro atoms. The molecular weight excluding hydrogens is 296 g/mol. The Morgan fingerprint density at radius 1 is 1.32 bits per heavy atom. The Balaban J connectivity index is 2.04. The molecule has 0 fully saturated rings. The van der Waals surface area contributed by atoms with E-state index in [2.05, 4.69) is 36.1 Å². The molecule has 22 heavy (non-hydrogen) atoms. The van der Waals surface area contributed by atoms with Gasteiger partial charge in [-0.15, -0.1) is 11.3 Å². The molecule has 0 aliphatic rings. The second-order valence-corrected chi connectivity index (χ2v) is 7.47. The van der Waals surface area contributed by atoms with Crippen molar-refractivity contribution in [3.05, 3.63) is 40.1 Å². The van der Waals surface area contributed by atoms with Gasteiger partial charge in [0.15, 0.2) is 0 Å². The monoisotopic (exact) mass is 318 g/mol. The van der Waals surface area contributed by atoms with Crippen LogP contribution in [0.25, 0.3) is 0 Å². The van der Waals surface area contributed by atoms with Gasteiger partial charge in [-0.25, -0.2) is 4.98 Å². The third kappa shape index (κ3) is 4.04. The van der Waals surface area contributed by atoms with E-state index in [0.29, 0.717) is 12.2 Å². The van der Waals surface area contributed by atoms with Crippen LogP contribution in [0.3, 0.4) is 0 Å². The minimum absolute atomic E-state index is 0.104. The van der Waals surface area contributed by atoms with E-state index in [1.807, 2.05) is 12.3 Å². The number of carbonyl (C=O) groups excluding carboxylic acids is 1. The van der Waals surface area contributed by atoms with Crippen molar-refractivity contribution in [1.82, 2.24) is 14.9 Å². The van der Waals surface area contributed by atoms with Crippen LogP contribution in [0.5, 0.6) is 0 Å². The normalized spacial score (nSPS) is 11.3. The van der Waals surface area contributed by atoms with Gasteiger partial charge in [0.2, 0.25) is 0 Å². The fourth-order valence-electron chi connectivity index (χ4n) is 1.80. The predicted molar refractivity (Wildman–Crippen MR) is 90.4 cm³/mol. The van der Waals surface area contributed by atoms with E-state index in [0.717, 1.165) is 10.7 Å². The molecule has 2 heterocycles. The summed E-state index contributed by atoms with van der Waals surface area (Å²) >= 11 is 1.71. The highest BCUT2D eigenvalue weighted by Gasteiger charge is 2.17. The number of aromatic nitrogens is 2. The third-order valence-electron chi connectivity index (χ3n) is 3.12. The fourth-order valence-corrected chi connectivity index (χ4v) is 2.72. The number of anilines is 1. The van der Waals surface area contributed by atoms with Crippen molar-refractivity contribution in [1.29, 1.82) is 0 Å². The Morgan fingerprint density at radius 3 is 2.64 bits per heavy atom. The number of carbonyl (C=O) groups is 1. The Kier molecular flexibility index (Phi) is 4.81. The van der Waals surface area contributed by atoms with Crippen molar-refractivity contribution in [3.63, 3.8) is 0 Å². The molecule has 1 amide bonds. The van der Waals surface area contributed by atoms with E-state index in [1.165, 1.54) is 9.78 Å². The van der Waals surface area contributed by atoms with Gasteiger partial charge in [-0.1, -0.05) is 20.8 Å². The molecule has 6 heteroatoms. The first-order valence-electron chi connectivity index (χ1n) is 7.14. The summed E-state index contributed by atoms with van der Waals surface area (Å²) in [6, 6.07) is 3.62. The molecule has 0 aliphatic heterocycles. The Bertz CT molecular complexity index is 658. The lowest BCUT2D eigenvalue weighted by atomic mass is 9.96. The lowest BCUT2D eigenvalue weighted by Crippen LogP contribution is -2.22. The summed E-state index contributed by atoms with van der Waals surface area (Å²) in [5.74, 6) is -0.104. The van der Waals surface area contributed by atoms with Crippen molar-refractivity contribution in [2.24, 2.45) is 0 Å². The average Bonchev–Trinajstić information content (AvgIpc) is 2.93. The van der Waals surface area contributed by atoms with Crippen LogP contribution in [0.4, 0.5) is 5.69 Å². The molecule has 118 valence electrons. The van der Waals surface area contributed by atoms with Gasteiger partial charge in [0, 0.05) is 37.1 Å². The van der Waals surface area contributed by atoms with Gasteiger partial charge in [-0.05, 0) is 17.5 Å². The number of pyridine rings is 1. The van der Waals surface area contributed by atoms with E-state index in [9.17, 15) is 4.79 Å². The molecule has 0 aliphatic carbocycles. The second kappa shape index (κ2) is 6.44. The summed E-state index contributed by atoms with van der Waals surface area (Å²) < 4.78 is 0. The first-order chi connectivity index (χ1) is 10.3. The lowest BCUT2D eigenvalue weighted by molar-refractivity contribution is 0.0822. The van der Waals surface area contributed by atoms with Crippen LogP contribution in [0.2, 0.25) is 0 Å². The summed E-state index contributed by atoms with van der Waals surface area (Å²) in [4.78, 5) is 23.2. The number of hydrogen-bond acceptors (Lipinski definition) is 5. The van der Waals surface area contributed by atoms with E-state index in [1.54, 1.807) is 37.7 Å². The highest BCUT2D eigenvalue weighted by Crippen LogP contribution is 2.28. The highest BCUT2D eigenvalue weighted by atomic mass is 32.1. The zero-order valence-corrected chi connectivity index (χ0v) is 14.5. The number of nitrogens with one attached hydrogen (secondary N) is 1. The zero-order chi connectivity index (χ0) is 16.3. The van der Waals surface area contributed by atoms with Crippen LogP contribution in [0.1, 0.15) is 41.1 Å². The van der Waals surface area contributed by atoms with Crippen molar-refractivity contribution < 1.29 is 4.79 Å². The van der Waals surface area contributed by atoms with Gasteiger partial charge >= 0.3 is 0 Å². The molecule has 0 unspecified atom stereocenters. The number of rotatable bonds is 4. The molecule has 2 aromatic heterocycles. The summed E-state index contributed by atoms with van der Waals surface area (Å²) in [7, 11) is 3.43. The molecule has 0 saturated heterocycles. The fraction of sp³-hybridized carbons (Fsp3) is 0.438. The first kappa shape index (κ1) is 16.4. The summed E-state index contributed by atoms with van der Waals surface area (Å²) in [5, 5.41) is 4.33.